The van der Waals surface area contributed by atoms with Crippen LogP contribution in [-0.2, 0) is 13.5 Å². The number of fused-ring (bicyclic) bond motifs is 2. The van der Waals surface area contributed by atoms with Crippen LogP contribution in [0.4, 0.5) is 0 Å². The van der Waals surface area contributed by atoms with E-state index in [9.17, 15) is 4.79 Å². The summed E-state index contributed by atoms with van der Waals surface area (Å²) in [6.45, 7) is 0.521. The maximum Gasteiger partial charge on any atom is 0.292 e. The van der Waals surface area contributed by atoms with Gasteiger partial charge in [0, 0.05) is 31.9 Å². The standard InChI is InChI=1S/C17H15ClN8O/c1-24-16(21-9-22-24)17(27)25-6-4-11-14(20-8-19-11)15(25)12-7-13-10(18)3-2-5-26(13)23-12/h2-3,5,7-9,15H,4,6H2,1H3,(H,19,20)/t15-/m0/s1. The molecule has 1 atom stereocenters. The summed E-state index contributed by atoms with van der Waals surface area (Å²) in [6, 6.07) is 5.11. The van der Waals surface area contributed by atoms with E-state index in [-0.39, 0.29) is 11.7 Å². The van der Waals surface area contributed by atoms with E-state index in [4.69, 9.17) is 11.6 Å². The van der Waals surface area contributed by atoms with Gasteiger partial charge in [-0.25, -0.2) is 19.2 Å². The number of rotatable bonds is 2. The van der Waals surface area contributed by atoms with Crippen molar-refractivity contribution in [3.8, 4) is 0 Å². The summed E-state index contributed by atoms with van der Waals surface area (Å²) in [5, 5.41) is 9.26. The number of H-pyrrole nitrogens is 1. The van der Waals surface area contributed by atoms with Gasteiger partial charge in [-0.05, 0) is 18.2 Å². The van der Waals surface area contributed by atoms with Gasteiger partial charge in [0.05, 0.1) is 28.3 Å². The number of carbonyl (C=O) groups excluding carboxylic acids is 1. The van der Waals surface area contributed by atoms with Crippen LogP contribution in [-0.4, -0.2) is 51.7 Å². The largest absolute Gasteiger partial charge is 0.348 e. The van der Waals surface area contributed by atoms with Gasteiger partial charge in [0.1, 0.15) is 12.4 Å². The number of carbonyl (C=O) groups is 1. The first-order chi connectivity index (χ1) is 13.1. The van der Waals surface area contributed by atoms with Gasteiger partial charge in [-0.2, -0.15) is 10.2 Å². The van der Waals surface area contributed by atoms with E-state index in [1.807, 2.05) is 24.4 Å². The third kappa shape index (κ3) is 2.42. The minimum absolute atomic E-state index is 0.211. The number of imidazole rings is 1. The van der Waals surface area contributed by atoms with E-state index in [0.717, 1.165) is 16.9 Å². The average molecular weight is 383 g/mol. The molecule has 1 aliphatic heterocycles. The topological polar surface area (TPSA) is 97.0 Å². The molecule has 5 heterocycles. The number of hydrogen-bond donors (Lipinski definition) is 1. The van der Waals surface area contributed by atoms with Crippen molar-refractivity contribution in [2.75, 3.05) is 6.54 Å². The molecule has 0 bridgehead atoms. The summed E-state index contributed by atoms with van der Waals surface area (Å²) < 4.78 is 3.18. The van der Waals surface area contributed by atoms with Crippen LogP contribution in [0.5, 0.6) is 0 Å². The van der Waals surface area contributed by atoms with Crippen LogP contribution in [0.1, 0.15) is 33.7 Å². The molecule has 0 saturated heterocycles. The van der Waals surface area contributed by atoms with E-state index < -0.39 is 6.04 Å². The fourth-order valence-corrected chi connectivity index (χ4v) is 3.76. The van der Waals surface area contributed by atoms with E-state index in [1.54, 1.807) is 22.8 Å². The lowest BCUT2D eigenvalue weighted by atomic mass is 9.99. The van der Waals surface area contributed by atoms with Crippen molar-refractivity contribution < 1.29 is 4.79 Å². The number of nitrogens with one attached hydrogen (secondary N) is 1. The lowest BCUT2D eigenvalue weighted by molar-refractivity contribution is 0.0669. The Morgan fingerprint density at radius 2 is 2.26 bits per heavy atom. The van der Waals surface area contributed by atoms with Crippen LogP contribution in [0.2, 0.25) is 5.02 Å². The fourth-order valence-electron chi connectivity index (χ4n) is 3.55. The molecule has 9 nitrogen and oxygen atoms in total. The highest BCUT2D eigenvalue weighted by Gasteiger charge is 2.37. The second-order valence-corrected chi connectivity index (χ2v) is 6.79. The van der Waals surface area contributed by atoms with Crippen LogP contribution in [0.15, 0.2) is 37.1 Å². The number of hydrogen-bond acceptors (Lipinski definition) is 5. The Hall–Kier alpha value is -3.20. The van der Waals surface area contributed by atoms with Gasteiger partial charge in [0.15, 0.2) is 0 Å². The first kappa shape index (κ1) is 16.0. The first-order valence-corrected chi connectivity index (χ1v) is 8.82. The summed E-state index contributed by atoms with van der Waals surface area (Å²) in [5.74, 6) is 0.0672. The number of nitrogens with zero attached hydrogens (tertiary/aromatic N) is 7. The van der Waals surface area contributed by atoms with Crippen LogP contribution < -0.4 is 0 Å². The van der Waals surface area contributed by atoms with E-state index in [1.165, 1.54) is 11.0 Å². The van der Waals surface area contributed by atoms with E-state index in [2.05, 4.69) is 25.1 Å². The molecule has 1 amide bonds. The van der Waals surface area contributed by atoms with Crippen LogP contribution in [0.25, 0.3) is 5.52 Å². The summed E-state index contributed by atoms with van der Waals surface area (Å²) in [7, 11) is 1.70. The molecule has 0 aromatic carbocycles. The third-order valence-electron chi connectivity index (χ3n) is 4.84. The molecule has 5 rings (SSSR count). The summed E-state index contributed by atoms with van der Waals surface area (Å²) in [4.78, 5) is 26.7. The van der Waals surface area contributed by atoms with Crippen molar-refractivity contribution in [2.24, 2.45) is 7.05 Å². The Morgan fingerprint density at radius 1 is 1.37 bits per heavy atom. The molecule has 1 aliphatic rings. The number of aromatic nitrogens is 7. The predicted octanol–water partition coefficient (Wildman–Crippen LogP) is 1.63. The van der Waals surface area contributed by atoms with Crippen molar-refractivity contribution in [3.05, 3.63) is 65.0 Å². The number of amides is 1. The van der Waals surface area contributed by atoms with Crippen molar-refractivity contribution in [1.82, 2.24) is 39.2 Å². The van der Waals surface area contributed by atoms with Gasteiger partial charge in [0.25, 0.3) is 5.91 Å². The Morgan fingerprint density at radius 3 is 3.04 bits per heavy atom. The monoisotopic (exact) mass is 382 g/mol. The van der Waals surface area contributed by atoms with Gasteiger partial charge < -0.3 is 9.88 Å². The maximum absolute atomic E-state index is 13.2. The molecule has 0 unspecified atom stereocenters. The van der Waals surface area contributed by atoms with E-state index >= 15 is 0 Å². The normalized spacial score (nSPS) is 16.7. The molecule has 0 aliphatic carbocycles. The number of pyridine rings is 1. The minimum atomic E-state index is -0.430. The van der Waals surface area contributed by atoms with Gasteiger partial charge in [0.2, 0.25) is 5.82 Å². The van der Waals surface area contributed by atoms with Crippen molar-refractivity contribution >= 4 is 23.0 Å². The lowest BCUT2D eigenvalue weighted by Gasteiger charge is -2.33. The molecule has 0 radical (unpaired) electrons. The minimum Gasteiger partial charge on any atom is -0.348 e. The van der Waals surface area contributed by atoms with Gasteiger partial charge in [-0.15, -0.1) is 0 Å². The van der Waals surface area contributed by atoms with E-state index in [0.29, 0.717) is 23.7 Å². The zero-order chi connectivity index (χ0) is 18.5. The highest BCUT2D eigenvalue weighted by molar-refractivity contribution is 6.33. The van der Waals surface area contributed by atoms with Crippen LogP contribution >= 0.6 is 11.6 Å². The SMILES string of the molecule is Cn1ncnc1C(=O)N1CCc2[nH]cnc2[C@@H]1c1cc2c(Cl)cccn2n1. The second kappa shape index (κ2) is 5.92. The predicted molar refractivity (Wildman–Crippen MR) is 96.4 cm³/mol. The Bertz CT molecular complexity index is 1160. The van der Waals surface area contributed by atoms with Gasteiger partial charge >= 0.3 is 0 Å². The highest BCUT2D eigenvalue weighted by atomic mass is 35.5. The molecule has 136 valence electrons. The molecule has 1 N–H and O–H groups in total. The van der Waals surface area contributed by atoms with Crippen LogP contribution in [0, 0.1) is 0 Å². The molecule has 0 fully saturated rings. The van der Waals surface area contributed by atoms with Crippen molar-refractivity contribution in [3.63, 3.8) is 0 Å². The molecule has 0 saturated carbocycles. The van der Waals surface area contributed by atoms with Crippen LogP contribution in [0.3, 0.4) is 0 Å². The molecular formula is C17H15ClN8O. The Labute approximate surface area is 158 Å². The smallest absolute Gasteiger partial charge is 0.292 e. The van der Waals surface area contributed by atoms with Gasteiger partial charge in [-0.1, -0.05) is 11.6 Å². The first-order valence-electron chi connectivity index (χ1n) is 8.44. The van der Waals surface area contributed by atoms with Crippen molar-refractivity contribution in [1.29, 1.82) is 0 Å². The van der Waals surface area contributed by atoms with Crippen molar-refractivity contribution in [2.45, 2.75) is 12.5 Å². The quantitative estimate of drug-likeness (QED) is 0.568. The summed E-state index contributed by atoms with van der Waals surface area (Å²) >= 11 is 6.30. The maximum atomic E-state index is 13.2. The number of halogens is 1. The lowest BCUT2D eigenvalue weighted by Crippen LogP contribution is -2.42. The molecule has 4 aromatic heterocycles. The zero-order valence-corrected chi connectivity index (χ0v) is 15.1. The zero-order valence-electron chi connectivity index (χ0n) is 14.4. The highest BCUT2D eigenvalue weighted by Crippen LogP contribution is 2.34. The molecule has 27 heavy (non-hydrogen) atoms. The summed E-state index contributed by atoms with van der Waals surface area (Å²) in [6.07, 6.45) is 5.53. The number of aromatic amines is 1. The van der Waals surface area contributed by atoms with Gasteiger partial charge in [-0.3, -0.25) is 4.79 Å². The number of aryl methyl sites for hydroxylation is 1. The molecule has 0 spiro atoms. The molecule has 4 aromatic rings. The second-order valence-electron chi connectivity index (χ2n) is 6.38. The fraction of sp³-hybridized carbons (Fsp3) is 0.235. The molecule has 10 heteroatoms. The Balaban J connectivity index is 1.66. The third-order valence-corrected chi connectivity index (χ3v) is 5.16. The average Bonchev–Trinajstić information content (AvgIpc) is 3.39. The summed E-state index contributed by atoms with van der Waals surface area (Å²) in [5.41, 5.74) is 3.27. The Kier molecular flexibility index (Phi) is 3.51. The molecular weight excluding hydrogens is 368 g/mol.